The average molecular weight is 282 g/mol. The van der Waals surface area contributed by atoms with Gasteiger partial charge in [0.25, 0.3) is 0 Å². The van der Waals surface area contributed by atoms with Gasteiger partial charge >= 0.3 is 0 Å². The Morgan fingerprint density at radius 2 is 1.86 bits per heavy atom. The lowest BCUT2D eigenvalue weighted by molar-refractivity contribution is 0.337. The fourth-order valence-electron chi connectivity index (χ4n) is 2.72. The molecule has 2 aromatic rings. The summed E-state index contributed by atoms with van der Waals surface area (Å²) in [4.78, 5) is 4.25. The van der Waals surface area contributed by atoms with Crippen LogP contribution in [0.2, 0.25) is 0 Å². The Morgan fingerprint density at radius 3 is 2.48 bits per heavy atom. The van der Waals surface area contributed by atoms with Crippen LogP contribution in [0.25, 0.3) is 0 Å². The first-order chi connectivity index (χ1) is 10.1. The number of hydrogen-bond donors (Lipinski definition) is 1. The third-order valence-corrected chi connectivity index (χ3v) is 4.19. The van der Waals surface area contributed by atoms with E-state index in [-0.39, 0.29) is 5.41 Å². The van der Waals surface area contributed by atoms with Crippen molar-refractivity contribution in [2.45, 2.75) is 45.1 Å². The fraction of sp³-hybridized carbons (Fsp3) is 0.421. The lowest BCUT2D eigenvalue weighted by atomic mass is 9.75. The summed E-state index contributed by atoms with van der Waals surface area (Å²) >= 11 is 0. The smallest absolute Gasteiger partial charge is 0.0300 e. The molecule has 1 N–H and O–H groups in total. The van der Waals surface area contributed by atoms with Crippen molar-refractivity contribution >= 4 is 0 Å². The van der Waals surface area contributed by atoms with Crippen molar-refractivity contribution in [2.75, 3.05) is 6.54 Å². The van der Waals surface area contributed by atoms with Gasteiger partial charge in [0.15, 0.2) is 0 Å². The lowest BCUT2D eigenvalue weighted by Gasteiger charge is -2.36. The molecule has 1 aromatic carbocycles. The maximum Gasteiger partial charge on any atom is 0.0300 e. The first kappa shape index (κ1) is 15.7. The molecule has 0 saturated carbocycles. The van der Waals surface area contributed by atoms with Crippen molar-refractivity contribution < 1.29 is 0 Å². The number of hydrogen-bond acceptors (Lipinski definition) is 2. The van der Waals surface area contributed by atoms with Crippen molar-refractivity contribution in [3.05, 3.63) is 66.0 Å². The standard InChI is InChI=1S/C19H26N2/c1-4-12-21-18(14-16-9-8-13-20-15-16)19(2,3)17-10-6-5-7-11-17/h5-11,13,15,18,21H,4,12,14H2,1-3H3. The minimum absolute atomic E-state index is 0.0757. The van der Waals surface area contributed by atoms with Crippen molar-refractivity contribution in [3.8, 4) is 0 Å². The minimum Gasteiger partial charge on any atom is -0.313 e. The summed E-state index contributed by atoms with van der Waals surface area (Å²) in [5.74, 6) is 0. The van der Waals surface area contributed by atoms with E-state index in [0.717, 1.165) is 19.4 Å². The van der Waals surface area contributed by atoms with Crippen LogP contribution in [0.3, 0.4) is 0 Å². The molecule has 0 aliphatic rings. The molecule has 2 nitrogen and oxygen atoms in total. The van der Waals surface area contributed by atoms with E-state index in [4.69, 9.17) is 0 Å². The molecule has 112 valence electrons. The van der Waals surface area contributed by atoms with Gasteiger partial charge in [0.1, 0.15) is 0 Å². The predicted molar refractivity (Wildman–Crippen MR) is 89.5 cm³/mol. The molecule has 2 rings (SSSR count). The maximum absolute atomic E-state index is 4.25. The SMILES string of the molecule is CCCNC(Cc1cccnc1)C(C)(C)c1ccccc1. The second-order valence-electron chi connectivity index (χ2n) is 6.16. The van der Waals surface area contributed by atoms with E-state index < -0.39 is 0 Å². The number of rotatable bonds is 7. The number of aromatic nitrogens is 1. The molecule has 0 radical (unpaired) electrons. The van der Waals surface area contributed by atoms with Crippen LogP contribution in [-0.2, 0) is 11.8 Å². The highest BCUT2D eigenvalue weighted by Crippen LogP contribution is 2.29. The number of benzene rings is 1. The van der Waals surface area contributed by atoms with Crippen LogP contribution < -0.4 is 5.32 Å². The van der Waals surface area contributed by atoms with Crippen LogP contribution in [-0.4, -0.2) is 17.6 Å². The van der Waals surface area contributed by atoms with Crippen LogP contribution in [0.1, 0.15) is 38.3 Å². The highest BCUT2D eigenvalue weighted by molar-refractivity contribution is 5.27. The van der Waals surface area contributed by atoms with Crippen LogP contribution >= 0.6 is 0 Å². The summed E-state index contributed by atoms with van der Waals surface area (Å²) in [6, 6.07) is 15.3. The van der Waals surface area contributed by atoms with E-state index >= 15 is 0 Å². The largest absolute Gasteiger partial charge is 0.313 e. The quantitative estimate of drug-likeness (QED) is 0.831. The van der Waals surface area contributed by atoms with Gasteiger partial charge in [-0.1, -0.05) is 57.2 Å². The molecule has 1 unspecified atom stereocenters. The van der Waals surface area contributed by atoms with Crippen LogP contribution in [0.5, 0.6) is 0 Å². The van der Waals surface area contributed by atoms with Gasteiger partial charge in [-0.15, -0.1) is 0 Å². The van der Waals surface area contributed by atoms with Gasteiger partial charge in [0.2, 0.25) is 0 Å². The normalized spacial score (nSPS) is 13.1. The molecule has 1 heterocycles. The fourth-order valence-corrected chi connectivity index (χ4v) is 2.72. The van der Waals surface area contributed by atoms with E-state index in [1.54, 1.807) is 0 Å². The molecule has 0 aliphatic carbocycles. The molecule has 0 amide bonds. The van der Waals surface area contributed by atoms with Crippen LogP contribution in [0.4, 0.5) is 0 Å². The maximum atomic E-state index is 4.25. The molecule has 2 heteroatoms. The van der Waals surface area contributed by atoms with Crippen LogP contribution in [0, 0.1) is 0 Å². The first-order valence-electron chi connectivity index (χ1n) is 7.82. The van der Waals surface area contributed by atoms with E-state index in [9.17, 15) is 0 Å². The highest BCUT2D eigenvalue weighted by Gasteiger charge is 2.30. The van der Waals surface area contributed by atoms with E-state index in [2.05, 4.69) is 67.5 Å². The summed E-state index contributed by atoms with van der Waals surface area (Å²) in [7, 11) is 0. The predicted octanol–water partition coefficient (Wildman–Crippen LogP) is 3.97. The van der Waals surface area contributed by atoms with Gasteiger partial charge < -0.3 is 5.32 Å². The number of nitrogens with zero attached hydrogens (tertiary/aromatic N) is 1. The third-order valence-electron chi connectivity index (χ3n) is 4.19. The molecule has 0 spiro atoms. The van der Waals surface area contributed by atoms with Crippen molar-refractivity contribution in [2.24, 2.45) is 0 Å². The Balaban J connectivity index is 2.22. The molecular weight excluding hydrogens is 256 g/mol. The first-order valence-corrected chi connectivity index (χ1v) is 7.82. The Hall–Kier alpha value is -1.67. The molecule has 1 aromatic heterocycles. The van der Waals surface area contributed by atoms with Crippen LogP contribution in [0.15, 0.2) is 54.9 Å². The molecule has 0 fully saturated rings. The topological polar surface area (TPSA) is 24.9 Å². The molecular formula is C19H26N2. The van der Waals surface area contributed by atoms with E-state index in [0.29, 0.717) is 6.04 Å². The van der Waals surface area contributed by atoms with E-state index in [1.165, 1.54) is 11.1 Å². The summed E-state index contributed by atoms with van der Waals surface area (Å²) in [5.41, 5.74) is 2.74. The second-order valence-corrected chi connectivity index (χ2v) is 6.16. The number of pyridine rings is 1. The number of nitrogens with one attached hydrogen (secondary N) is 1. The van der Waals surface area contributed by atoms with Gasteiger partial charge in [-0.2, -0.15) is 0 Å². The zero-order valence-corrected chi connectivity index (χ0v) is 13.3. The highest BCUT2D eigenvalue weighted by atomic mass is 14.9. The zero-order valence-electron chi connectivity index (χ0n) is 13.3. The Bertz CT molecular complexity index is 520. The molecule has 0 bridgehead atoms. The summed E-state index contributed by atoms with van der Waals surface area (Å²) in [6.45, 7) is 7.91. The van der Waals surface area contributed by atoms with Gasteiger partial charge in [0.05, 0.1) is 0 Å². The summed E-state index contributed by atoms with van der Waals surface area (Å²) in [6.07, 6.45) is 5.95. The lowest BCUT2D eigenvalue weighted by Crippen LogP contribution is -2.46. The third kappa shape index (κ3) is 4.15. The summed E-state index contributed by atoms with van der Waals surface area (Å²) in [5, 5.41) is 3.73. The van der Waals surface area contributed by atoms with E-state index in [1.807, 2.05) is 18.5 Å². The Kier molecular flexibility index (Phi) is 5.51. The van der Waals surface area contributed by atoms with Gasteiger partial charge in [-0.25, -0.2) is 0 Å². The monoisotopic (exact) mass is 282 g/mol. The second kappa shape index (κ2) is 7.37. The van der Waals surface area contributed by atoms with Gasteiger partial charge in [-0.3, -0.25) is 4.98 Å². The zero-order chi connectivity index (χ0) is 15.1. The van der Waals surface area contributed by atoms with Crippen molar-refractivity contribution in [1.29, 1.82) is 0 Å². The Labute approximate surface area is 128 Å². The summed E-state index contributed by atoms with van der Waals surface area (Å²) < 4.78 is 0. The molecule has 0 aliphatic heterocycles. The molecule has 21 heavy (non-hydrogen) atoms. The van der Waals surface area contributed by atoms with Crippen molar-refractivity contribution in [3.63, 3.8) is 0 Å². The van der Waals surface area contributed by atoms with Gasteiger partial charge in [-0.05, 0) is 36.6 Å². The van der Waals surface area contributed by atoms with Gasteiger partial charge in [0, 0.05) is 23.9 Å². The Morgan fingerprint density at radius 1 is 1.10 bits per heavy atom. The molecule has 1 atom stereocenters. The minimum atomic E-state index is 0.0757. The van der Waals surface area contributed by atoms with Crippen molar-refractivity contribution in [1.82, 2.24) is 10.3 Å². The molecule has 0 saturated heterocycles. The average Bonchev–Trinajstić information content (AvgIpc) is 2.53.